The summed E-state index contributed by atoms with van der Waals surface area (Å²) in [6.07, 6.45) is 0. The Morgan fingerprint density at radius 1 is 1.42 bits per heavy atom. The van der Waals surface area contributed by atoms with Crippen molar-refractivity contribution in [2.45, 2.75) is 6.92 Å². The summed E-state index contributed by atoms with van der Waals surface area (Å²) in [6.45, 7) is 2.65. The first kappa shape index (κ1) is 12.2. The van der Waals surface area contributed by atoms with Gasteiger partial charge in [-0.3, -0.25) is 4.55 Å². The third-order valence-corrected chi connectivity index (χ3v) is 2.61. The van der Waals surface area contributed by atoms with Gasteiger partial charge < -0.3 is 4.74 Å². The van der Waals surface area contributed by atoms with Crippen LogP contribution in [0.5, 0.6) is 0 Å². The van der Waals surface area contributed by atoms with Gasteiger partial charge in [-0.2, -0.15) is 20.2 Å². The second kappa shape index (κ2) is 6.71. The second-order valence-corrected chi connectivity index (χ2v) is 5.06. The van der Waals surface area contributed by atoms with Crippen LogP contribution in [0.1, 0.15) is 6.92 Å². The molecule has 0 aliphatic rings. The fourth-order valence-corrected chi connectivity index (χ4v) is 1.38. The molecule has 74 valence electrons. The molecule has 0 rings (SSSR count). The molecule has 0 fully saturated rings. The van der Waals surface area contributed by atoms with Crippen LogP contribution in [0.15, 0.2) is 0 Å². The van der Waals surface area contributed by atoms with E-state index in [-0.39, 0.29) is 12.4 Å². The van der Waals surface area contributed by atoms with Crippen LogP contribution in [0, 0.1) is 0 Å². The average molecular weight is 214 g/mol. The van der Waals surface area contributed by atoms with Crippen molar-refractivity contribution in [2.24, 2.45) is 0 Å². The number of thioether (sulfide) groups is 1. The Labute approximate surface area is 77.4 Å². The molecule has 0 aromatic rings. The highest BCUT2D eigenvalue weighted by Crippen LogP contribution is 1.97. The van der Waals surface area contributed by atoms with E-state index >= 15 is 0 Å². The number of ether oxygens (including phenoxy) is 1. The van der Waals surface area contributed by atoms with E-state index in [4.69, 9.17) is 9.29 Å². The van der Waals surface area contributed by atoms with Crippen LogP contribution < -0.4 is 0 Å². The van der Waals surface area contributed by atoms with Crippen molar-refractivity contribution in [1.82, 2.24) is 0 Å². The van der Waals surface area contributed by atoms with E-state index in [1.807, 2.05) is 6.92 Å². The lowest BCUT2D eigenvalue weighted by Crippen LogP contribution is -2.11. The zero-order chi connectivity index (χ0) is 9.45. The molecule has 0 saturated heterocycles. The van der Waals surface area contributed by atoms with E-state index in [2.05, 4.69) is 0 Å². The normalized spacial score (nSPS) is 11.8. The van der Waals surface area contributed by atoms with Crippen molar-refractivity contribution in [3.8, 4) is 0 Å². The maximum atomic E-state index is 10.2. The topological polar surface area (TPSA) is 63.6 Å². The zero-order valence-corrected chi connectivity index (χ0v) is 8.66. The van der Waals surface area contributed by atoms with Crippen LogP contribution >= 0.6 is 11.8 Å². The van der Waals surface area contributed by atoms with Crippen molar-refractivity contribution in [2.75, 3.05) is 30.5 Å². The number of hydrogen-bond acceptors (Lipinski definition) is 4. The van der Waals surface area contributed by atoms with Gasteiger partial charge in [0.15, 0.2) is 0 Å². The highest BCUT2D eigenvalue weighted by atomic mass is 32.2. The van der Waals surface area contributed by atoms with E-state index < -0.39 is 10.1 Å². The van der Waals surface area contributed by atoms with Gasteiger partial charge in [-0.05, 0) is 5.75 Å². The molecule has 4 nitrogen and oxygen atoms in total. The van der Waals surface area contributed by atoms with Gasteiger partial charge in [-0.25, -0.2) is 0 Å². The molecule has 0 aliphatic heterocycles. The highest BCUT2D eigenvalue weighted by Gasteiger charge is 2.02. The van der Waals surface area contributed by atoms with Gasteiger partial charge >= 0.3 is 0 Å². The van der Waals surface area contributed by atoms with Crippen molar-refractivity contribution in [1.29, 1.82) is 0 Å². The van der Waals surface area contributed by atoms with Gasteiger partial charge in [0.1, 0.15) is 0 Å². The lowest BCUT2D eigenvalue weighted by atomic mass is 10.8. The van der Waals surface area contributed by atoms with E-state index in [9.17, 15) is 8.42 Å². The molecule has 0 heterocycles. The predicted molar refractivity (Wildman–Crippen MR) is 50.2 cm³/mol. The van der Waals surface area contributed by atoms with Crippen molar-refractivity contribution in [3.05, 3.63) is 0 Å². The van der Waals surface area contributed by atoms with Crippen LogP contribution in [0.3, 0.4) is 0 Å². The van der Waals surface area contributed by atoms with Crippen LogP contribution in [0.4, 0.5) is 0 Å². The summed E-state index contributed by atoms with van der Waals surface area (Å²) in [6, 6.07) is 0. The Kier molecular flexibility index (Phi) is 6.83. The fraction of sp³-hybridized carbons (Fsp3) is 1.00. The van der Waals surface area contributed by atoms with Gasteiger partial charge in [0.25, 0.3) is 10.1 Å². The number of hydrogen-bond donors (Lipinski definition) is 1. The van der Waals surface area contributed by atoms with Gasteiger partial charge in [0, 0.05) is 5.75 Å². The summed E-state index contributed by atoms with van der Waals surface area (Å²) in [5.74, 6) is 1.58. The van der Waals surface area contributed by atoms with Crippen LogP contribution in [0.25, 0.3) is 0 Å². The molecular weight excluding hydrogens is 200 g/mol. The molecule has 0 aromatic heterocycles. The molecule has 12 heavy (non-hydrogen) atoms. The molecule has 0 amide bonds. The molecular formula is C6H14O4S2. The second-order valence-electron chi connectivity index (χ2n) is 2.10. The van der Waals surface area contributed by atoms with Crippen LogP contribution in [0.2, 0.25) is 0 Å². The summed E-state index contributed by atoms with van der Waals surface area (Å²) in [7, 11) is -3.85. The molecule has 0 aromatic carbocycles. The Hall–Kier alpha value is 0.220. The van der Waals surface area contributed by atoms with Crippen molar-refractivity contribution in [3.63, 3.8) is 0 Å². The summed E-state index contributed by atoms with van der Waals surface area (Å²) in [4.78, 5) is 0. The van der Waals surface area contributed by atoms with Crippen molar-refractivity contribution < 1.29 is 17.7 Å². The third-order valence-electron chi connectivity index (χ3n) is 1.06. The summed E-state index contributed by atoms with van der Waals surface area (Å²) < 4.78 is 33.6. The van der Waals surface area contributed by atoms with E-state index in [0.717, 1.165) is 11.5 Å². The first-order valence-corrected chi connectivity index (χ1v) is 6.43. The minimum Gasteiger partial charge on any atom is -0.379 e. The molecule has 6 heteroatoms. The van der Waals surface area contributed by atoms with Gasteiger partial charge in [0.2, 0.25) is 0 Å². The molecule has 1 N–H and O–H groups in total. The first-order valence-electron chi connectivity index (χ1n) is 3.67. The lowest BCUT2D eigenvalue weighted by molar-refractivity contribution is 0.165. The molecule has 0 bridgehead atoms. The summed E-state index contributed by atoms with van der Waals surface area (Å²) in [5.41, 5.74) is 0. The Balaban J connectivity index is 3.12. The van der Waals surface area contributed by atoms with E-state index in [0.29, 0.717) is 6.61 Å². The summed E-state index contributed by atoms with van der Waals surface area (Å²) in [5, 5.41) is 0. The maximum Gasteiger partial charge on any atom is 0.267 e. The minimum absolute atomic E-state index is 0.0725. The van der Waals surface area contributed by atoms with E-state index in [1.165, 1.54) is 0 Å². The molecule has 0 atom stereocenters. The van der Waals surface area contributed by atoms with Crippen LogP contribution in [-0.4, -0.2) is 43.4 Å². The van der Waals surface area contributed by atoms with Gasteiger partial charge in [-0.15, -0.1) is 0 Å². The van der Waals surface area contributed by atoms with E-state index in [1.54, 1.807) is 11.8 Å². The molecule has 0 spiro atoms. The monoisotopic (exact) mass is 214 g/mol. The Morgan fingerprint density at radius 2 is 2.08 bits per heavy atom. The first-order chi connectivity index (χ1) is 5.56. The standard InChI is InChI=1S/C6H14O4S2/c1-2-11-5-3-10-4-6-12(7,8)9/h2-6H2,1H3,(H,7,8,9). The number of rotatable bonds is 7. The quantitative estimate of drug-likeness (QED) is 0.498. The smallest absolute Gasteiger partial charge is 0.267 e. The molecule has 0 saturated carbocycles. The fourth-order valence-electron chi connectivity index (χ4n) is 0.528. The zero-order valence-electron chi connectivity index (χ0n) is 7.02. The average Bonchev–Trinajstić information content (AvgIpc) is 1.94. The third kappa shape index (κ3) is 10.2. The van der Waals surface area contributed by atoms with Crippen LogP contribution in [-0.2, 0) is 14.9 Å². The molecule has 0 radical (unpaired) electrons. The lowest BCUT2D eigenvalue weighted by Gasteiger charge is -2.00. The minimum atomic E-state index is -3.85. The maximum absolute atomic E-state index is 10.2. The largest absolute Gasteiger partial charge is 0.379 e. The van der Waals surface area contributed by atoms with Crippen molar-refractivity contribution >= 4 is 21.9 Å². The Morgan fingerprint density at radius 3 is 2.58 bits per heavy atom. The predicted octanol–water partition coefficient (Wildman–Crippen LogP) is 0.644. The highest BCUT2D eigenvalue weighted by molar-refractivity contribution is 7.99. The van der Waals surface area contributed by atoms with Gasteiger partial charge in [-0.1, -0.05) is 6.92 Å². The summed E-state index contributed by atoms with van der Waals surface area (Å²) >= 11 is 1.73. The van der Waals surface area contributed by atoms with Gasteiger partial charge in [0.05, 0.1) is 19.0 Å². The molecule has 0 aliphatic carbocycles. The Bertz CT molecular complexity index is 188. The molecule has 0 unspecified atom stereocenters. The SMILES string of the molecule is CCSCCOCCS(=O)(=O)O.